The number of hydrogen-bond donors (Lipinski definition) is 1. The molecule has 14 heavy (non-hydrogen) atoms. The lowest BCUT2D eigenvalue weighted by atomic mass is 10.3. The van der Waals surface area contributed by atoms with Crippen molar-refractivity contribution in [3.05, 3.63) is 11.8 Å². The van der Waals surface area contributed by atoms with Crippen LogP contribution in [0.2, 0.25) is 0 Å². The standard InChI is InChI=1S/C10H16N2OS/c1-7-6-10(12(2)11-7)14-9-5-3-4-8(9)13/h6,8-9,13H,3-5H2,1-2H3. The Morgan fingerprint density at radius 2 is 2.36 bits per heavy atom. The van der Waals surface area contributed by atoms with Crippen LogP contribution in [-0.2, 0) is 7.05 Å². The lowest BCUT2D eigenvalue weighted by Crippen LogP contribution is -2.15. The van der Waals surface area contributed by atoms with Crippen LogP contribution in [0.15, 0.2) is 11.1 Å². The molecular weight excluding hydrogens is 196 g/mol. The van der Waals surface area contributed by atoms with E-state index >= 15 is 0 Å². The van der Waals surface area contributed by atoms with Crippen LogP contribution in [0.3, 0.4) is 0 Å². The van der Waals surface area contributed by atoms with E-state index in [2.05, 4.69) is 11.2 Å². The number of thioether (sulfide) groups is 1. The number of nitrogens with zero attached hydrogens (tertiary/aromatic N) is 2. The normalized spacial score (nSPS) is 27.1. The Kier molecular flexibility index (Phi) is 2.83. The highest BCUT2D eigenvalue weighted by Crippen LogP contribution is 2.34. The molecule has 2 unspecified atom stereocenters. The molecule has 1 heterocycles. The minimum Gasteiger partial charge on any atom is -0.392 e. The summed E-state index contributed by atoms with van der Waals surface area (Å²) in [6.07, 6.45) is 3.09. The molecule has 0 saturated heterocycles. The number of aryl methyl sites for hydroxylation is 2. The monoisotopic (exact) mass is 212 g/mol. The fourth-order valence-corrected chi connectivity index (χ4v) is 3.22. The van der Waals surface area contributed by atoms with Gasteiger partial charge in [-0.15, -0.1) is 11.8 Å². The Hall–Kier alpha value is -0.480. The van der Waals surface area contributed by atoms with Gasteiger partial charge in [-0.2, -0.15) is 5.10 Å². The lowest BCUT2D eigenvalue weighted by molar-refractivity contribution is 0.188. The maximum Gasteiger partial charge on any atom is 0.0942 e. The van der Waals surface area contributed by atoms with Crippen LogP contribution >= 0.6 is 11.8 Å². The van der Waals surface area contributed by atoms with Crippen molar-refractivity contribution in [3.63, 3.8) is 0 Å². The average molecular weight is 212 g/mol. The fourth-order valence-electron chi connectivity index (χ4n) is 1.90. The van der Waals surface area contributed by atoms with Crippen LogP contribution in [0.1, 0.15) is 25.0 Å². The molecule has 1 aliphatic carbocycles. The summed E-state index contributed by atoms with van der Waals surface area (Å²) >= 11 is 1.76. The van der Waals surface area contributed by atoms with Gasteiger partial charge >= 0.3 is 0 Å². The number of aliphatic hydroxyl groups is 1. The second-order valence-corrected chi connectivity index (χ2v) is 5.16. The molecule has 3 nitrogen and oxygen atoms in total. The van der Waals surface area contributed by atoms with Gasteiger partial charge in [0.1, 0.15) is 0 Å². The molecule has 0 aromatic carbocycles. The summed E-state index contributed by atoms with van der Waals surface area (Å²) in [6.45, 7) is 2.00. The summed E-state index contributed by atoms with van der Waals surface area (Å²) in [6, 6.07) is 2.08. The number of aromatic nitrogens is 2. The van der Waals surface area contributed by atoms with E-state index in [4.69, 9.17) is 0 Å². The van der Waals surface area contributed by atoms with Crippen molar-refractivity contribution in [2.24, 2.45) is 7.05 Å². The van der Waals surface area contributed by atoms with Gasteiger partial charge in [0.05, 0.1) is 16.8 Å². The second-order valence-electron chi connectivity index (χ2n) is 3.90. The van der Waals surface area contributed by atoms with E-state index in [0.717, 1.165) is 30.0 Å². The molecule has 2 atom stereocenters. The van der Waals surface area contributed by atoms with Gasteiger partial charge in [-0.1, -0.05) is 0 Å². The van der Waals surface area contributed by atoms with Gasteiger partial charge in [-0.3, -0.25) is 4.68 Å². The van der Waals surface area contributed by atoms with Crippen molar-refractivity contribution in [1.29, 1.82) is 0 Å². The molecule has 78 valence electrons. The summed E-state index contributed by atoms with van der Waals surface area (Å²) in [5.41, 5.74) is 1.04. The average Bonchev–Trinajstić information content (AvgIpc) is 2.62. The van der Waals surface area contributed by atoms with Crippen LogP contribution in [0.4, 0.5) is 0 Å². The molecule has 0 amide bonds. The summed E-state index contributed by atoms with van der Waals surface area (Å²) in [7, 11) is 1.96. The third-order valence-electron chi connectivity index (χ3n) is 2.65. The molecular formula is C10H16N2OS. The van der Waals surface area contributed by atoms with E-state index in [0.29, 0.717) is 5.25 Å². The van der Waals surface area contributed by atoms with E-state index in [9.17, 15) is 5.11 Å². The SMILES string of the molecule is Cc1cc(SC2CCCC2O)n(C)n1. The van der Waals surface area contributed by atoms with E-state index < -0.39 is 0 Å². The van der Waals surface area contributed by atoms with Gasteiger partial charge in [0.15, 0.2) is 0 Å². The molecule has 1 aliphatic rings. The van der Waals surface area contributed by atoms with Crippen molar-refractivity contribution < 1.29 is 5.11 Å². The molecule has 0 spiro atoms. The minimum absolute atomic E-state index is 0.129. The van der Waals surface area contributed by atoms with Crippen LogP contribution in [0, 0.1) is 6.92 Å². The van der Waals surface area contributed by atoms with E-state index in [1.165, 1.54) is 0 Å². The van der Waals surface area contributed by atoms with Gasteiger partial charge in [0, 0.05) is 12.3 Å². The van der Waals surface area contributed by atoms with Crippen molar-refractivity contribution >= 4 is 11.8 Å². The van der Waals surface area contributed by atoms with Crippen LogP contribution < -0.4 is 0 Å². The largest absolute Gasteiger partial charge is 0.392 e. The smallest absolute Gasteiger partial charge is 0.0942 e. The number of rotatable bonds is 2. The maximum absolute atomic E-state index is 9.70. The van der Waals surface area contributed by atoms with Gasteiger partial charge in [-0.25, -0.2) is 0 Å². The van der Waals surface area contributed by atoms with Crippen LogP contribution in [0.5, 0.6) is 0 Å². The van der Waals surface area contributed by atoms with Gasteiger partial charge in [0.2, 0.25) is 0 Å². The molecule has 0 radical (unpaired) electrons. The lowest BCUT2D eigenvalue weighted by Gasteiger charge is -2.13. The summed E-state index contributed by atoms with van der Waals surface area (Å²) in [5, 5.41) is 15.5. The highest BCUT2D eigenvalue weighted by molar-refractivity contribution is 7.99. The topological polar surface area (TPSA) is 38.0 Å². The van der Waals surface area contributed by atoms with E-state index in [-0.39, 0.29) is 6.10 Å². The highest BCUT2D eigenvalue weighted by atomic mass is 32.2. The maximum atomic E-state index is 9.70. The molecule has 4 heteroatoms. The van der Waals surface area contributed by atoms with Crippen molar-refractivity contribution in [1.82, 2.24) is 9.78 Å². The van der Waals surface area contributed by atoms with Gasteiger partial charge in [-0.05, 0) is 32.3 Å². The van der Waals surface area contributed by atoms with Gasteiger partial charge in [0.25, 0.3) is 0 Å². The Morgan fingerprint density at radius 3 is 2.86 bits per heavy atom. The molecule has 2 rings (SSSR count). The predicted molar refractivity (Wildman–Crippen MR) is 57.4 cm³/mol. The van der Waals surface area contributed by atoms with Gasteiger partial charge < -0.3 is 5.11 Å². The first kappa shape index (κ1) is 10.1. The first-order chi connectivity index (χ1) is 6.66. The van der Waals surface area contributed by atoms with Crippen LogP contribution in [-0.4, -0.2) is 26.2 Å². The summed E-state index contributed by atoms with van der Waals surface area (Å²) in [5.74, 6) is 0. The first-order valence-corrected chi connectivity index (χ1v) is 5.90. The van der Waals surface area contributed by atoms with Crippen molar-refractivity contribution in [2.75, 3.05) is 0 Å². The third-order valence-corrected chi connectivity index (χ3v) is 4.13. The molecule has 0 bridgehead atoms. The Morgan fingerprint density at radius 1 is 1.57 bits per heavy atom. The Bertz CT molecular complexity index is 324. The zero-order valence-corrected chi connectivity index (χ0v) is 9.42. The fraction of sp³-hybridized carbons (Fsp3) is 0.700. The summed E-state index contributed by atoms with van der Waals surface area (Å²) in [4.78, 5) is 0. The first-order valence-electron chi connectivity index (χ1n) is 5.02. The summed E-state index contributed by atoms with van der Waals surface area (Å²) < 4.78 is 1.89. The number of hydrogen-bond acceptors (Lipinski definition) is 3. The number of aliphatic hydroxyl groups excluding tert-OH is 1. The molecule has 1 saturated carbocycles. The molecule has 1 fully saturated rings. The predicted octanol–water partition coefficient (Wildman–Crippen LogP) is 1.73. The van der Waals surface area contributed by atoms with Crippen molar-refractivity contribution in [2.45, 2.75) is 42.6 Å². The highest BCUT2D eigenvalue weighted by Gasteiger charge is 2.26. The second kappa shape index (κ2) is 3.95. The zero-order valence-electron chi connectivity index (χ0n) is 8.60. The Balaban J connectivity index is 2.06. The van der Waals surface area contributed by atoms with E-state index in [1.54, 1.807) is 11.8 Å². The molecule has 1 aromatic heterocycles. The Labute approximate surface area is 88.5 Å². The van der Waals surface area contributed by atoms with E-state index in [1.807, 2.05) is 18.7 Å². The van der Waals surface area contributed by atoms with Crippen molar-refractivity contribution in [3.8, 4) is 0 Å². The molecule has 1 N–H and O–H groups in total. The third kappa shape index (κ3) is 1.96. The molecule has 1 aromatic rings. The molecule has 0 aliphatic heterocycles. The zero-order chi connectivity index (χ0) is 10.1. The van der Waals surface area contributed by atoms with Crippen LogP contribution in [0.25, 0.3) is 0 Å². The quantitative estimate of drug-likeness (QED) is 0.811. The minimum atomic E-state index is -0.129.